The van der Waals surface area contributed by atoms with Gasteiger partial charge in [-0.25, -0.2) is 0 Å². The summed E-state index contributed by atoms with van der Waals surface area (Å²) in [4.78, 5) is 26.8. The molecule has 120 valence electrons. The van der Waals surface area contributed by atoms with Gasteiger partial charge in [0.25, 0.3) is 5.69 Å². The number of anilines is 1. The molecule has 1 aliphatic rings. The molecule has 0 unspecified atom stereocenters. The van der Waals surface area contributed by atoms with Crippen LogP contribution in [0.3, 0.4) is 0 Å². The third-order valence-corrected chi connectivity index (χ3v) is 3.71. The fourth-order valence-electron chi connectivity index (χ4n) is 2.59. The van der Waals surface area contributed by atoms with Crippen molar-refractivity contribution in [2.75, 3.05) is 44.6 Å². The average molecular weight is 306 g/mol. The maximum Gasteiger partial charge on any atom is 0.271 e. The van der Waals surface area contributed by atoms with Crippen LogP contribution in [0.1, 0.15) is 13.3 Å². The monoisotopic (exact) mass is 306 g/mol. The summed E-state index contributed by atoms with van der Waals surface area (Å²) in [5, 5.41) is 13.4. The number of carbonyl (C=O) groups excluding carboxylic acids is 1. The number of amides is 1. The number of carbonyl (C=O) groups is 1. The number of rotatable bonds is 6. The summed E-state index contributed by atoms with van der Waals surface area (Å²) < 4.78 is 0. The molecule has 1 heterocycles. The molecule has 22 heavy (non-hydrogen) atoms. The maximum absolute atomic E-state index is 12.0. The lowest BCUT2D eigenvalue weighted by molar-refractivity contribution is -0.384. The molecule has 1 aromatic rings. The molecule has 0 atom stereocenters. The predicted octanol–water partition coefficient (Wildman–Crippen LogP) is 1.56. The molecular formula is C15H22N4O3. The summed E-state index contributed by atoms with van der Waals surface area (Å²) in [6.07, 6.45) is 1.15. The molecule has 0 aliphatic carbocycles. The highest BCUT2D eigenvalue weighted by atomic mass is 16.6. The number of non-ortho nitro benzene ring substituents is 1. The van der Waals surface area contributed by atoms with Gasteiger partial charge in [-0.2, -0.15) is 0 Å². The van der Waals surface area contributed by atoms with Gasteiger partial charge in [0.1, 0.15) is 0 Å². The van der Waals surface area contributed by atoms with E-state index in [1.165, 1.54) is 12.1 Å². The van der Waals surface area contributed by atoms with E-state index in [9.17, 15) is 14.9 Å². The van der Waals surface area contributed by atoms with E-state index in [0.717, 1.165) is 39.1 Å². The van der Waals surface area contributed by atoms with Crippen molar-refractivity contribution in [2.24, 2.45) is 0 Å². The number of hydrogen-bond donors (Lipinski definition) is 1. The van der Waals surface area contributed by atoms with Crippen LogP contribution in [0.2, 0.25) is 0 Å². The van der Waals surface area contributed by atoms with Crippen molar-refractivity contribution >= 4 is 17.3 Å². The second-order valence-electron chi connectivity index (χ2n) is 5.47. The van der Waals surface area contributed by atoms with Crippen molar-refractivity contribution in [3.05, 3.63) is 34.4 Å². The van der Waals surface area contributed by atoms with Gasteiger partial charge in [0, 0.05) is 44.0 Å². The normalized spacial score (nSPS) is 16.4. The molecule has 7 heteroatoms. The fraction of sp³-hybridized carbons (Fsp3) is 0.533. The van der Waals surface area contributed by atoms with E-state index in [-0.39, 0.29) is 11.6 Å². The average Bonchev–Trinajstić information content (AvgIpc) is 2.49. The Kier molecular flexibility index (Phi) is 5.85. The van der Waals surface area contributed by atoms with E-state index in [4.69, 9.17) is 0 Å². The topological polar surface area (TPSA) is 78.7 Å². The van der Waals surface area contributed by atoms with Crippen molar-refractivity contribution in [2.45, 2.75) is 13.3 Å². The standard InChI is InChI=1S/C15H22N4O3/c1-2-6-17-7-9-18(10-8-17)12-15(20)16-13-4-3-5-14(11-13)19(21)22/h3-5,11H,2,6-10,12H2,1H3,(H,16,20). The first kappa shape index (κ1) is 16.4. The molecule has 2 rings (SSSR count). The SMILES string of the molecule is CCCN1CCN(CC(=O)Nc2cccc([N+](=O)[O-])c2)CC1. The zero-order valence-corrected chi connectivity index (χ0v) is 12.8. The Balaban J connectivity index is 1.81. The Morgan fingerprint density at radius 3 is 2.59 bits per heavy atom. The lowest BCUT2D eigenvalue weighted by Gasteiger charge is -2.34. The number of nitrogens with one attached hydrogen (secondary N) is 1. The Bertz CT molecular complexity index is 527. The molecule has 1 fully saturated rings. The van der Waals surface area contributed by atoms with Crippen LogP contribution in [0, 0.1) is 10.1 Å². The van der Waals surface area contributed by atoms with Crippen LogP contribution in [-0.2, 0) is 4.79 Å². The summed E-state index contributed by atoms with van der Waals surface area (Å²) in [7, 11) is 0. The molecule has 1 N–H and O–H groups in total. The molecule has 0 saturated carbocycles. The molecule has 0 aromatic heterocycles. The highest BCUT2D eigenvalue weighted by molar-refractivity contribution is 5.92. The third-order valence-electron chi connectivity index (χ3n) is 3.71. The molecule has 1 aromatic carbocycles. The van der Waals surface area contributed by atoms with Crippen LogP contribution in [0.4, 0.5) is 11.4 Å². The number of nitrogens with zero attached hydrogens (tertiary/aromatic N) is 3. The van der Waals surface area contributed by atoms with Gasteiger partial charge < -0.3 is 10.2 Å². The molecule has 0 spiro atoms. The molecule has 7 nitrogen and oxygen atoms in total. The van der Waals surface area contributed by atoms with E-state index in [1.54, 1.807) is 12.1 Å². The van der Waals surface area contributed by atoms with Crippen molar-refractivity contribution in [1.82, 2.24) is 9.80 Å². The lowest BCUT2D eigenvalue weighted by Crippen LogP contribution is -2.48. The van der Waals surface area contributed by atoms with Gasteiger partial charge >= 0.3 is 0 Å². The number of nitro groups is 1. The van der Waals surface area contributed by atoms with Crippen LogP contribution in [0.5, 0.6) is 0 Å². The third kappa shape index (κ3) is 4.78. The molecule has 1 saturated heterocycles. The van der Waals surface area contributed by atoms with E-state index in [0.29, 0.717) is 12.2 Å². The van der Waals surface area contributed by atoms with Crippen molar-refractivity contribution in [1.29, 1.82) is 0 Å². The number of benzene rings is 1. The minimum absolute atomic E-state index is 0.0222. The Morgan fingerprint density at radius 1 is 1.27 bits per heavy atom. The molecule has 1 amide bonds. The van der Waals surface area contributed by atoms with Crippen LogP contribution in [-0.4, -0.2) is 59.9 Å². The second kappa shape index (κ2) is 7.86. The largest absolute Gasteiger partial charge is 0.325 e. The van der Waals surface area contributed by atoms with Crippen molar-refractivity contribution in [3.63, 3.8) is 0 Å². The quantitative estimate of drug-likeness (QED) is 0.637. The smallest absolute Gasteiger partial charge is 0.271 e. The first-order valence-electron chi connectivity index (χ1n) is 7.57. The molecular weight excluding hydrogens is 284 g/mol. The molecule has 1 aliphatic heterocycles. The van der Waals surface area contributed by atoms with Gasteiger partial charge in [-0.15, -0.1) is 0 Å². The van der Waals surface area contributed by atoms with E-state index >= 15 is 0 Å². The van der Waals surface area contributed by atoms with Gasteiger partial charge in [-0.05, 0) is 19.0 Å². The van der Waals surface area contributed by atoms with Crippen molar-refractivity contribution in [3.8, 4) is 0 Å². The Hall–Kier alpha value is -1.99. The first-order chi connectivity index (χ1) is 10.6. The first-order valence-corrected chi connectivity index (χ1v) is 7.57. The molecule has 0 radical (unpaired) electrons. The van der Waals surface area contributed by atoms with Gasteiger partial charge in [0.15, 0.2) is 0 Å². The summed E-state index contributed by atoms with van der Waals surface area (Å²) in [5.74, 6) is -0.135. The molecule has 0 bridgehead atoms. The van der Waals surface area contributed by atoms with Gasteiger partial charge in [-0.1, -0.05) is 13.0 Å². The van der Waals surface area contributed by atoms with Crippen LogP contribution in [0.25, 0.3) is 0 Å². The summed E-state index contributed by atoms with van der Waals surface area (Å²) in [6.45, 7) is 7.32. The Morgan fingerprint density at radius 2 is 1.95 bits per heavy atom. The Labute approximate surface area is 130 Å². The zero-order valence-electron chi connectivity index (χ0n) is 12.8. The summed E-state index contributed by atoms with van der Waals surface area (Å²) in [5.41, 5.74) is 0.440. The summed E-state index contributed by atoms with van der Waals surface area (Å²) in [6, 6.07) is 6.00. The van der Waals surface area contributed by atoms with Crippen LogP contribution >= 0.6 is 0 Å². The number of piperazine rings is 1. The summed E-state index contributed by atoms with van der Waals surface area (Å²) >= 11 is 0. The predicted molar refractivity (Wildman–Crippen MR) is 84.9 cm³/mol. The number of nitro benzene ring substituents is 1. The fourth-order valence-corrected chi connectivity index (χ4v) is 2.59. The van der Waals surface area contributed by atoms with Crippen LogP contribution in [0.15, 0.2) is 24.3 Å². The minimum atomic E-state index is -0.470. The van der Waals surface area contributed by atoms with E-state index in [1.807, 2.05) is 0 Å². The highest BCUT2D eigenvalue weighted by Gasteiger charge is 2.18. The van der Waals surface area contributed by atoms with E-state index < -0.39 is 4.92 Å². The lowest BCUT2D eigenvalue weighted by atomic mass is 10.2. The van der Waals surface area contributed by atoms with Crippen molar-refractivity contribution < 1.29 is 9.72 Å². The van der Waals surface area contributed by atoms with Crippen LogP contribution < -0.4 is 5.32 Å². The zero-order chi connectivity index (χ0) is 15.9. The maximum atomic E-state index is 12.0. The van der Waals surface area contributed by atoms with Gasteiger partial charge in [0.05, 0.1) is 11.5 Å². The van der Waals surface area contributed by atoms with E-state index in [2.05, 4.69) is 22.0 Å². The highest BCUT2D eigenvalue weighted by Crippen LogP contribution is 2.17. The number of hydrogen-bond acceptors (Lipinski definition) is 5. The van der Waals surface area contributed by atoms with Gasteiger partial charge in [-0.3, -0.25) is 19.8 Å². The van der Waals surface area contributed by atoms with Gasteiger partial charge in [0.2, 0.25) is 5.91 Å². The minimum Gasteiger partial charge on any atom is -0.325 e. The second-order valence-corrected chi connectivity index (χ2v) is 5.47.